The number of anilines is 1. The lowest BCUT2D eigenvalue weighted by Crippen LogP contribution is -2.26. The summed E-state index contributed by atoms with van der Waals surface area (Å²) in [7, 11) is 3.13. The summed E-state index contributed by atoms with van der Waals surface area (Å²) in [6.07, 6.45) is -3.75. The van der Waals surface area contributed by atoms with Crippen molar-refractivity contribution in [3.8, 4) is 23.0 Å². The van der Waals surface area contributed by atoms with Crippen LogP contribution in [0.1, 0.15) is 11.4 Å². The first kappa shape index (κ1) is 19.1. The number of fused-ring (bicyclic) bond motifs is 5. The Bertz CT molecular complexity index is 1320. The predicted molar refractivity (Wildman–Crippen MR) is 106 cm³/mol. The molecular weight excluding hydrogens is 412 g/mol. The maximum Gasteiger partial charge on any atom is 0.586 e. The fraction of sp³-hybridized carbons (Fsp3) is 0.250. The van der Waals surface area contributed by atoms with Crippen LogP contribution in [-0.2, 0) is 6.54 Å². The van der Waals surface area contributed by atoms with Gasteiger partial charge < -0.3 is 24.3 Å². The second-order valence-electron chi connectivity index (χ2n) is 6.82. The molecule has 0 bridgehead atoms. The molecule has 0 aliphatic carbocycles. The number of ether oxygens (including phenoxy) is 4. The van der Waals surface area contributed by atoms with Gasteiger partial charge in [0, 0.05) is 23.6 Å². The van der Waals surface area contributed by atoms with E-state index in [-0.39, 0.29) is 17.0 Å². The van der Waals surface area contributed by atoms with Gasteiger partial charge in [0.25, 0.3) is 0 Å². The van der Waals surface area contributed by atoms with Gasteiger partial charge in [0.05, 0.1) is 14.2 Å². The molecule has 0 saturated heterocycles. The fourth-order valence-corrected chi connectivity index (χ4v) is 3.47. The first-order valence-corrected chi connectivity index (χ1v) is 9.29. The quantitative estimate of drug-likeness (QED) is 0.515. The van der Waals surface area contributed by atoms with E-state index < -0.39 is 6.29 Å². The van der Waals surface area contributed by atoms with Gasteiger partial charge in [-0.1, -0.05) is 0 Å². The van der Waals surface area contributed by atoms with Crippen molar-refractivity contribution in [2.45, 2.75) is 19.8 Å². The van der Waals surface area contributed by atoms with Crippen LogP contribution >= 0.6 is 0 Å². The Morgan fingerprint density at radius 1 is 1.10 bits per heavy atom. The molecule has 3 heterocycles. The van der Waals surface area contributed by atoms with Crippen LogP contribution in [0.2, 0.25) is 0 Å². The summed E-state index contributed by atoms with van der Waals surface area (Å²) in [5.41, 5.74) is 1.48. The maximum absolute atomic E-state index is 13.7. The lowest BCUT2D eigenvalue weighted by molar-refractivity contribution is -0.286. The normalized spacial score (nSPS) is 14.2. The zero-order valence-corrected chi connectivity index (χ0v) is 16.8. The molecule has 0 unspecified atom stereocenters. The second-order valence-corrected chi connectivity index (χ2v) is 6.82. The van der Waals surface area contributed by atoms with E-state index in [4.69, 9.17) is 14.2 Å². The molecule has 2 aromatic carbocycles. The molecule has 0 amide bonds. The number of nitrogens with one attached hydrogen (secondary N) is 1. The summed E-state index contributed by atoms with van der Waals surface area (Å²) < 4.78 is 48.7. The van der Waals surface area contributed by atoms with Crippen molar-refractivity contribution in [3.63, 3.8) is 0 Å². The highest BCUT2D eigenvalue weighted by Gasteiger charge is 2.45. The molecule has 0 fully saturated rings. The van der Waals surface area contributed by atoms with Gasteiger partial charge in [-0.2, -0.15) is 4.52 Å². The third-order valence-corrected chi connectivity index (χ3v) is 4.85. The minimum absolute atomic E-state index is 0.0895. The van der Waals surface area contributed by atoms with Crippen molar-refractivity contribution in [1.29, 1.82) is 0 Å². The molecule has 0 radical (unpaired) electrons. The molecule has 5 rings (SSSR count). The third-order valence-electron chi connectivity index (χ3n) is 4.85. The van der Waals surface area contributed by atoms with Crippen LogP contribution < -0.4 is 24.3 Å². The average molecular weight is 429 g/mol. The zero-order chi connectivity index (χ0) is 21.8. The molecule has 31 heavy (non-hydrogen) atoms. The fourth-order valence-electron chi connectivity index (χ4n) is 3.47. The monoisotopic (exact) mass is 429 g/mol. The van der Waals surface area contributed by atoms with E-state index in [9.17, 15) is 8.78 Å². The van der Waals surface area contributed by atoms with E-state index in [1.807, 2.05) is 12.1 Å². The first-order valence-electron chi connectivity index (χ1n) is 9.29. The molecular formula is C20H17F2N5O4. The highest BCUT2D eigenvalue weighted by molar-refractivity contribution is 5.97. The zero-order valence-electron chi connectivity index (χ0n) is 16.8. The van der Waals surface area contributed by atoms with Crippen molar-refractivity contribution >= 4 is 22.5 Å². The maximum atomic E-state index is 13.7. The first-order chi connectivity index (χ1) is 14.9. The van der Waals surface area contributed by atoms with Gasteiger partial charge in [0.2, 0.25) is 5.95 Å². The summed E-state index contributed by atoms with van der Waals surface area (Å²) in [6, 6.07) is 8.43. The molecule has 1 aliphatic heterocycles. The number of rotatable bonds is 5. The number of aryl methyl sites for hydroxylation is 1. The SMILES string of the molecule is COc1ccc(CNc2nc3c4c(ccc3c3nc(C)nn23)OC(F)(F)O4)c(OC)c1. The van der Waals surface area contributed by atoms with Gasteiger partial charge in [0.15, 0.2) is 17.1 Å². The average Bonchev–Trinajstić information content (AvgIpc) is 3.29. The van der Waals surface area contributed by atoms with E-state index in [1.54, 1.807) is 33.3 Å². The summed E-state index contributed by atoms with van der Waals surface area (Å²) in [4.78, 5) is 8.93. The Morgan fingerprint density at radius 3 is 2.71 bits per heavy atom. The number of alkyl halides is 2. The molecule has 1 aliphatic rings. The Morgan fingerprint density at radius 2 is 1.94 bits per heavy atom. The van der Waals surface area contributed by atoms with Gasteiger partial charge in [0.1, 0.15) is 22.8 Å². The molecule has 2 aromatic heterocycles. The van der Waals surface area contributed by atoms with E-state index in [0.717, 1.165) is 5.56 Å². The molecule has 11 heteroatoms. The minimum atomic E-state index is -3.75. The van der Waals surface area contributed by atoms with Gasteiger partial charge in [-0.15, -0.1) is 13.9 Å². The van der Waals surface area contributed by atoms with E-state index in [0.29, 0.717) is 40.8 Å². The largest absolute Gasteiger partial charge is 0.586 e. The van der Waals surface area contributed by atoms with Gasteiger partial charge in [-0.3, -0.25) is 0 Å². The summed E-state index contributed by atoms with van der Waals surface area (Å²) >= 11 is 0. The van der Waals surface area contributed by atoms with Crippen molar-refractivity contribution in [2.75, 3.05) is 19.5 Å². The Hall–Kier alpha value is -3.89. The van der Waals surface area contributed by atoms with E-state index in [2.05, 4.69) is 25.1 Å². The van der Waals surface area contributed by atoms with Crippen molar-refractivity contribution in [1.82, 2.24) is 19.6 Å². The number of hydrogen-bond donors (Lipinski definition) is 1. The Labute approximate surface area is 174 Å². The van der Waals surface area contributed by atoms with Crippen LogP contribution in [0.4, 0.5) is 14.7 Å². The Balaban J connectivity index is 1.60. The lowest BCUT2D eigenvalue weighted by Gasteiger charge is -2.13. The molecule has 0 atom stereocenters. The molecule has 160 valence electrons. The lowest BCUT2D eigenvalue weighted by atomic mass is 10.2. The van der Waals surface area contributed by atoms with Crippen molar-refractivity contribution in [3.05, 3.63) is 41.7 Å². The standard InChI is InChI=1S/C20H17F2N5O4/c1-10-24-18-13-6-7-14-17(31-20(21,22)30-14)16(13)25-19(27(18)26-10)23-9-11-4-5-12(28-2)8-15(11)29-3/h4-8H,9H2,1-3H3,(H,23,25). The number of nitrogens with zero attached hydrogens (tertiary/aromatic N) is 4. The van der Waals surface area contributed by atoms with E-state index in [1.165, 1.54) is 10.6 Å². The Kier molecular flexibility index (Phi) is 4.20. The summed E-state index contributed by atoms with van der Waals surface area (Å²) in [6.45, 7) is 2.05. The third kappa shape index (κ3) is 3.18. The van der Waals surface area contributed by atoms with E-state index >= 15 is 0 Å². The smallest absolute Gasteiger partial charge is 0.497 e. The highest BCUT2D eigenvalue weighted by atomic mass is 19.3. The highest BCUT2D eigenvalue weighted by Crippen LogP contribution is 2.45. The van der Waals surface area contributed by atoms with Crippen molar-refractivity contribution in [2.24, 2.45) is 0 Å². The predicted octanol–water partition coefficient (Wildman–Crippen LogP) is 3.54. The van der Waals surface area contributed by atoms with Crippen molar-refractivity contribution < 1.29 is 27.7 Å². The number of methoxy groups -OCH3 is 2. The van der Waals surface area contributed by atoms with Gasteiger partial charge in [-0.05, 0) is 31.2 Å². The van der Waals surface area contributed by atoms with Crippen LogP contribution in [0.15, 0.2) is 30.3 Å². The van der Waals surface area contributed by atoms with Gasteiger partial charge in [-0.25, -0.2) is 9.97 Å². The van der Waals surface area contributed by atoms with Crippen LogP contribution in [-0.4, -0.2) is 40.1 Å². The molecule has 4 aromatic rings. The number of hydrogen-bond acceptors (Lipinski definition) is 8. The summed E-state index contributed by atoms with van der Waals surface area (Å²) in [5.74, 6) is 1.85. The molecule has 0 saturated carbocycles. The van der Waals surface area contributed by atoms with Crippen LogP contribution in [0.25, 0.3) is 16.6 Å². The molecule has 1 N–H and O–H groups in total. The number of benzene rings is 2. The topological polar surface area (TPSA) is 92.0 Å². The molecule has 9 nitrogen and oxygen atoms in total. The number of aromatic nitrogens is 4. The minimum Gasteiger partial charge on any atom is -0.497 e. The second kappa shape index (κ2) is 6.83. The van der Waals surface area contributed by atoms with Crippen LogP contribution in [0.5, 0.6) is 23.0 Å². The van der Waals surface area contributed by atoms with Gasteiger partial charge >= 0.3 is 6.29 Å². The van der Waals surface area contributed by atoms with Crippen LogP contribution in [0, 0.1) is 6.92 Å². The summed E-state index contributed by atoms with van der Waals surface area (Å²) in [5, 5.41) is 8.06. The van der Waals surface area contributed by atoms with Crippen LogP contribution in [0.3, 0.4) is 0 Å². The molecule has 0 spiro atoms. The number of halogens is 2.